The summed E-state index contributed by atoms with van der Waals surface area (Å²) in [5.41, 5.74) is 1.12. The fraction of sp³-hybridized carbons (Fsp3) is 0.714. The third kappa shape index (κ3) is 6.73. The van der Waals surface area contributed by atoms with E-state index in [9.17, 15) is 0 Å². The van der Waals surface area contributed by atoms with Crippen LogP contribution in [0.1, 0.15) is 23.5 Å². The molecule has 0 saturated carbocycles. The van der Waals surface area contributed by atoms with Gasteiger partial charge in [-0.3, -0.25) is 0 Å². The monoisotopic (exact) mass is 271 g/mol. The molecule has 1 aromatic rings. The fourth-order valence-electron chi connectivity index (χ4n) is 1.68. The molecule has 1 N–H and O–H groups in total. The summed E-state index contributed by atoms with van der Waals surface area (Å²) < 4.78 is 21.4. The largest absolute Gasteiger partial charge is 0.465 e. The molecule has 0 atom stereocenters. The fourth-order valence-corrected chi connectivity index (χ4v) is 1.68. The first-order chi connectivity index (χ1) is 9.27. The Morgan fingerprint density at radius 2 is 1.95 bits per heavy atom. The molecule has 0 aromatic carbocycles. The van der Waals surface area contributed by atoms with Gasteiger partial charge in [-0.15, -0.1) is 0 Å². The number of hydrogen-bond acceptors (Lipinski definition) is 5. The summed E-state index contributed by atoms with van der Waals surface area (Å²) in [6.07, 6.45) is 0.893. The van der Waals surface area contributed by atoms with E-state index in [1.807, 2.05) is 20.0 Å². The quantitative estimate of drug-likeness (QED) is 0.623. The van der Waals surface area contributed by atoms with Gasteiger partial charge in [0.15, 0.2) is 0 Å². The molecule has 19 heavy (non-hydrogen) atoms. The van der Waals surface area contributed by atoms with Crippen molar-refractivity contribution in [2.45, 2.75) is 26.5 Å². The van der Waals surface area contributed by atoms with Gasteiger partial charge < -0.3 is 23.9 Å². The first kappa shape index (κ1) is 16.2. The van der Waals surface area contributed by atoms with Gasteiger partial charge >= 0.3 is 0 Å². The van der Waals surface area contributed by atoms with E-state index in [0.29, 0.717) is 33.0 Å². The van der Waals surface area contributed by atoms with Crippen molar-refractivity contribution in [3.63, 3.8) is 0 Å². The molecule has 0 aliphatic rings. The van der Waals surface area contributed by atoms with Crippen LogP contribution in [0, 0.1) is 6.92 Å². The Bertz CT molecular complexity index is 338. The van der Waals surface area contributed by atoms with Gasteiger partial charge in [-0.25, -0.2) is 0 Å². The predicted molar refractivity (Wildman–Crippen MR) is 73.2 cm³/mol. The van der Waals surface area contributed by atoms with E-state index in [4.69, 9.17) is 18.6 Å². The Morgan fingerprint density at radius 3 is 2.68 bits per heavy atom. The summed E-state index contributed by atoms with van der Waals surface area (Å²) >= 11 is 0. The first-order valence-corrected chi connectivity index (χ1v) is 6.65. The Balaban J connectivity index is 2.08. The summed E-state index contributed by atoms with van der Waals surface area (Å²) in [5.74, 6) is 1.88. The second kappa shape index (κ2) is 9.97. The van der Waals surface area contributed by atoms with Crippen LogP contribution in [0.25, 0.3) is 0 Å². The zero-order valence-corrected chi connectivity index (χ0v) is 12.2. The highest BCUT2D eigenvalue weighted by Crippen LogP contribution is 2.15. The van der Waals surface area contributed by atoms with E-state index in [1.54, 1.807) is 7.11 Å². The summed E-state index contributed by atoms with van der Waals surface area (Å²) in [6.45, 7) is 5.99. The van der Waals surface area contributed by atoms with E-state index in [2.05, 4.69) is 5.32 Å². The predicted octanol–water partition coefficient (Wildman–Crippen LogP) is 1.88. The Labute approximate surface area is 115 Å². The van der Waals surface area contributed by atoms with Crippen molar-refractivity contribution in [3.8, 4) is 0 Å². The number of hydrogen-bond donors (Lipinski definition) is 1. The lowest BCUT2D eigenvalue weighted by Crippen LogP contribution is -2.05. The molecular weight excluding hydrogens is 246 g/mol. The van der Waals surface area contributed by atoms with Crippen LogP contribution in [-0.4, -0.2) is 40.6 Å². The van der Waals surface area contributed by atoms with Crippen molar-refractivity contribution in [3.05, 3.63) is 23.2 Å². The minimum absolute atomic E-state index is 0.594. The molecule has 0 spiro atoms. The van der Waals surface area contributed by atoms with Crippen LogP contribution in [0.15, 0.2) is 10.5 Å². The SMILES string of the molecule is CNCc1cc(COCCCOCCOC)c(C)o1. The summed E-state index contributed by atoms with van der Waals surface area (Å²) in [7, 11) is 3.57. The van der Waals surface area contributed by atoms with Gasteiger partial charge in [0.05, 0.1) is 26.4 Å². The van der Waals surface area contributed by atoms with Crippen molar-refractivity contribution in [2.24, 2.45) is 0 Å². The van der Waals surface area contributed by atoms with Crippen molar-refractivity contribution in [1.82, 2.24) is 5.32 Å². The van der Waals surface area contributed by atoms with Crippen LogP contribution in [0.5, 0.6) is 0 Å². The highest BCUT2D eigenvalue weighted by Gasteiger charge is 2.06. The van der Waals surface area contributed by atoms with Crippen LogP contribution in [-0.2, 0) is 27.4 Å². The highest BCUT2D eigenvalue weighted by atomic mass is 16.5. The van der Waals surface area contributed by atoms with Crippen molar-refractivity contribution < 1.29 is 18.6 Å². The van der Waals surface area contributed by atoms with Crippen LogP contribution >= 0.6 is 0 Å². The molecule has 110 valence electrons. The molecule has 0 saturated heterocycles. The van der Waals surface area contributed by atoms with Gasteiger partial charge in [-0.1, -0.05) is 0 Å². The molecule has 1 aromatic heterocycles. The first-order valence-electron chi connectivity index (χ1n) is 6.65. The zero-order valence-electron chi connectivity index (χ0n) is 12.2. The average Bonchev–Trinajstić information content (AvgIpc) is 2.74. The van der Waals surface area contributed by atoms with E-state index < -0.39 is 0 Å². The Kier molecular flexibility index (Phi) is 8.49. The van der Waals surface area contributed by atoms with Crippen molar-refractivity contribution in [1.29, 1.82) is 0 Å². The molecule has 0 aliphatic carbocycles. The molecule has 1 heterocycles. The summed E-state index contributed by atoms with van der Waals surface area (Å²) in [4.78, 5) is 0. The molecule has 1 rings (SSSR count). The van der Waals surface area contributed by atoms with Gasteiger partial charge in [0.2, 0.25) is 0 Å². The number of rotatable bonds is 11. The van der Waals surface area contributed by atoms with Crippen LogP contribution < -0.4 is 5.32 Å². The second-order valence-electron chi connectivity index (χ2n) is 4.34. The number of nitrogens with one attached hydrogen (secondary N) is 1. The normalized spacial score (nSPS) is 11.1. The van der Waals surface area contributed by atoms with Gasteiger partial charge in [0, 0.05) is 25.9 Å². The minimum atomic E-state index is 0.594. The lowest BCUT2D eigenvalue weighted by molar-refractivity contribution is 0.0482. The van der Waals surface area contributed by atoms with Gasteiger partial charge in [0.1, 0.15) is 11.5 Å². The van der Waals surface area contributed by atoms with E-state index in [1.165, 1.54) is 0 Å². The smallest absolute Gasteiger partial charge is 0.118 e. The molecular formula is C14H25NO4. The molecule has 0 unspecified atom stereocenters. The van der Waals surface area contributed by atoms with E-state index in [0.717, 1.165) is 30.0 Å². The second-order valence-corrected chi connectivity index (χ2v) is 4.34. The number of aryl methyl sites for hydroxylation is 1. The standard InChI is InChI=1S/C14H25NO4/c1-12-13(9-14(19-12)10-15-2)11-18-6-4-5-17-8-7-16-3/h9,15H,4-8,10-11H2,1-3H3. The lowest BCUT2D eigenvalue weighted by atomic mass is 10.2. The number of methoxy groups -OCH3 is 1. The zero-order chi connectivity index (χ0) is 13.9. The van der Waals surface area contributed by atoms with E-state index >= 15 is 0 Å². The molecule has 0 aliphatic heterocycles. The maximum atomic E-state index is 5.61. The Hall–Kier alpha value is -0.880. The molecule has 5 heteroatoms. The van der Waals surface area contributed by atoms with Crippen molar-refractivity contribution >= 4 is 0 Å². The number of furan rings is 1. The molecule has 5 nitrogen and oxygen atoms in total. The van der Waals surface area contributed by atoms with Crippen LogP contribution in [0.3, 0.4) is 0 Å². The maximum Gasteiger partial charge on any atom is 0.118 e. The number of ether oxygens (including phenoxy) is 3. The van der Waals surface area contributed by atoms with Gasteiger partial charge in [-0.2, -0.15) is 0 Å². The third-order valence-electron chi connectivity index (χ3n) is 2.69. The Morgan fingerprint density at radius 1 is 1.16 bits per heavy atom. The summed E-state index contributed by atoms with van der Waals surface area (Å²) in [6, 6.07) is 2.04. The molecule has 0 fully saturated rings. The topological polar surface area (TPSA) is 52.9 Å². The average molecular weight is 271 g/mol. The molecule has 0 radical (unpaired) electrons. The minimum Gasteiger partial charge on any atom is -0.465 e. The summed E-state index contributed by atoms with van der Waals surface area (Å²) in [5, 5.41) is 3.06. The highest BCUT2D eigenvalue weighted by molar-refractivity contribution is 5.19. The lowest BCUT2D eigenvalue weighted by Gasteiger charge is -2.04. The van der Waals surface area contributed by atoms with Crippen molar-refractivity contribution in [2.75, 3.05) is 40.6 Å². The van der Waals surface area contributed by atoms with E-state index in [-0.39, 0.29) is 0 Å². The van der Waals surface area contributed by atoms with Gasteiger partial charge in [-0.05, 0) is 26.5 Å². The van der Waals surface area contributed by atoms with Crippen LogP contribution in [0.4, 0.5) is 0 Å². The molecule has 0 amide bonds. The third-order valence-corrected chi connectivity index (χ3v) is 2.69. The maximum absolute atomic E-state index is 5.61. The molecule has 0 bridgehead atoms. The van der Waals surface area contributed by atoms with Gasteiger partial charge in [0.25, 0.3) is 0 Å². The van der Waals surface area contributed by atoms with Crippen LogP contribution in [0.2, 0.25) is 0 Å².